The minimum absolute atomic E-state index is 0.00843. The van der Waals surface area contributed by atoms with E-state index in [-0.39, 0.29) is 18.2 Å². The lowest BCUT2D eigenvalue weighted by molar-refractivity contribution is -0.118. The maximum absolute atomic E-state index is 12.3. The molecule has 0 aromatic heterocycles. The Morgan fingerprint density at radius 1 is 1.10 bits per heavy atom. The van der Waals surface area contributed by atoms with Crippen molar-refractivity contribution in [3.05, 3.63) is 64.1 Å². The van der Waals surface area contributed by atoms with Crippen molar-refractivity contribution in [1.82, 2.24) is 0 Å². The molecule has 0 saturated heterocycles. The molecule has 0 N–H and O–H groups in total. The molecule has 4 heteroatoms. The molecule has 3 rings (SSSR count). The molecule has 0 fully saturated rings. The van der Waals surface area contributed by atoms with Crippen LogP contribution in [-0.2, 0) is 11.2 Å². The van der Waals surface area contributed by atoms with E-state index in [1.54, 1.807) is 17.0 Å². The largest absolute Gasteiger partial charge is 0.304 e. The Labute approximate surface area is 131 Å². The molecule has 0 radical (unpaired) electrons. The Morgan fingerprint density at radius 3 is 2.62 bits per heavy atom. The Bertz CT molecular complexity index is 697. The fourth-order valence-corrected chi connectivity index (χ4v) is 2.97. The highest BCUT2D eigenvalue weighted by molar-refractivity contribution is 9.10. The number of amides is 1. The number of hydrogen-bond donors (Lipinski definition) is 0. The number of rotatable bonds is 3. The van der Waals surface area contributed by atoms with Gasteiger partial charge in [-0.25, -0.2) is 0 Å². The normalized spacial score (nSPS) is 14.0. The highest BCUT2D eigenvalue weighted by atomic mass is 79.9. The molecule has 2 aromatic rings. The van der Waals surface area contributed by atoms with E-state index in [1.807, 2.05) is 36.4 Å². The number of anilines is 1. The molecule has 1 heterocycles. The van der Waals surface area contributed by atoms with E-state index in [9.17, 15) is 9.59 Å². The van der Waals surface area contributed by atoms with Gasteiger partial charge >= 0.3 is 0 Å². The summed E-state index contributed by atoms with van der Waals surface area (Å²) >= 11 is 3.44. The Balaban J connectivity index is 1.89. The highest BCUT2D eigenvalue weighted by Gasteiger charge is 2.26. The SMILES string of the molecule is O=C(CN1C(=O)CCc2cc(Br)ccc21)c1ccccc1. The van der Waals surface area contributed by atoms with E-state index in [1.165, 1.54) is 0 Å². The molecule has 0 spiro atoms. The number of nitrogens with zero attached hydrogens (tertiary/aromatic N) is 1. The predicted octanol–water partition coefficient (Wildman–Crippen LogP) is 3.61. The quantitative estimate of drug-likeness (QED) is 0.798. The van der Waals surface area contributed by atoms with Crippen LogP contribution >= 0.6 is 15.9 Å². The number of ketones is 1. The lowest BCUT2D eigenvalue weighted by Crippen LogP contribution is -2.39. The maximum atomic E-state index is 12.3. The molecule has 2 aromatic carbocycles. The summed E-state index contributed by atoms with van der Waals surface area (Å²) in [6.07, 6.45) is 1.18. The van der Waals surface area contributed by atoms with Crippen molar-refractivity contribution in [3.63, 3.8) is 0 Å². The molecule has 0 atom stereocenters. The summed E-state index contributed by atoms with van der Waals surface area (Å²) in [5.41, 5.74) is 2.58. The molecule has 21 heavy (non-hydrogen) atoms. The smallest absolute Gasteiger partial charge is 0.227 e. The van der Waals surface area contributed by atoms with Gasteiger partial charge in [-0.3, -0.25) is 9.59 Å². The van der Waals surface area contributed by atoms with Gasteiger partial charge in [0.25, 0.3) is 0 Å². The average Bonchev–Trinajstić information content (AvgIpc) is 2.51. The zero-order valence-electron chi connectivity index (χ0n) is 11.4. The van der Waals surface area contributed by atoms with Crippen molar-refractivity contribution in [1.29, 1.82) is 0 Å². The van der Waals surface area contributed by atoms with Crippen LogP contribution in [0, 0.1) is 0 Å². The molecule has 1 aliphatic heterocycles. The molecule has 0 bridgehead atoms. The second-order valence-electron chi connectivity index (χ2n) is 5.04. The van der Waals surface area contributed by atoms with E-state index in [2.05, 4.69) is 15.9 Å². The van der Waals surface area contributed by atoms with Crippen LogP contribution in [0.2, 0.25) is 0 Å². The van der Waals surface area contributed by atoms with E-state index in [4.69, 9.17) is 0 Å². The summed E-state index contributed by atoms with van der Waals surface area (Å²) in [6.45, 7) is 0.0947. The van der Waals surface area contributed by atoms with Crippen LogP contribution in [0.1, 0.15) is 22.3 Å². The standard InChI is InChI=1S/C17H14BrNO2/c18-14-7-8-15-13(10-14)6-9-17(21)19(15)11-16(20)12-4-2-1-3-5-12/h1-5,7-8,10H,6,9,11H2. The number of aryl methyl sites for hydroxylation is 1. The molecule has 1 amide bonds. The van der Waals surface area contributed by atoms with Crippen molar-refractivity contribution in [3.8, 4) is 0 Å². The predicted molar refractivity (Wildman–Crippen MR) is 85.6 cm³/mol. The Hall–Kier alpha value is -1.94. The third kappa shape index (κ3) is 2.90. The summed E-state index contributed by atoms with van der Waals surface area (Å²) in [5, 5.41) is 0. The molecule has 0 aliphatic carbocycles. The van der Waals surface area contributed by atoms with Gasteiger partial charge in [-0.15, -0.1) is 0 Å². The van der Waals surface area contributed by atoms with Crippen LogP contribution in [0.3, 0.4) is 0 Å². The molecule has 0 saturated carbocycles. The first-order valence-electron chi connectivity index (χ1n) is 6.82. The minimum atomic E-state index is -0.0419. The molecular weight excluding hydrogens is 330 g/mol. The van der Waals surface area contributed by atoms with Crippen LogP contribution in [0.5, 0.6) is 0 Å². The van der Waals surface area contributed by atoms with E-state index < -0.39 is 0 Å². The second-order valence-corrected chi connectivity index (χ2v) is 5.96. The number of carbonyl (C=O) groups is 2. The third-order valence-electron chi connectivity index (χ3n) is 3.64. The van der Waals surface area contributed by atoms with Crippen molar-refractivity contribution in [2.45, 2.75) is 12.8 Å². The summed E-state index contributed by atoms with van der Waals surface area (Å²) in [7, 11) is 0. The van der Waals surface area contributed by atoms with E-state index in [0.717, 1.165) is 22.1 Å². The Morgan fingerprint density at radius 2 is 1.86 bits per heavy atom. The lowest BCUT2D eigenvalue weighted by atomic mass is 10.0. The first kappa shape index (κ1) is 14.0. The summed E-state index contributed by atoms with van der Waals surface area (Å²) < 4.78 is 0.991. The zero-order chi connectivity index (χ0) is 14.8. The van der Waals surface area contributed by atoms with Gasteiger partial charge in [0.1, 0.15) is 0 Å². The number of halogens is 1. The zero-order valence-corrected chi connectivity index (χ0v) is 13.0. The van der Waals surface area contributed by atoms with Crippen LogP contribution in [0.4, 0.5) is 5.69 Å². The summed E-state index contributed by atoms with van der Waals surface area (Å²) in [6, 6.07) is 14.9. The van der Waals surface area contributed by atoms with Gasteiger partial charge in [-0.2, -0.15) is 0 Å². The van der Waals surface area contributed by atoms with Crippen LogP contribution in [-0.4, -0.2) is 18.2 Å². The topological polar surface area (TPSA) is 37.4 Å². The minimum Gasteiger partial charge on any atom is -0.304 e. The van der Waals surface area contributed by atoms with E-state index in [0.29, 0.717) is 12.0 Å². The van der Waals surface area contributed by atoms with E-state index >= 15 is 0 Å². The third-order valence-corrected chi connectivity index (χ3v) is 4.13. The maximum Gasteiger partial charge on any atom is 0.227 e. The van der Waals surface area contributed by atoms with Gasteiger partial charge in [0.05, 0.1) is 6.54 Å². The monoisotopic (exact) mass is 343 g/mol. The lowest BCUT2D eigenvalue weighted by Gasteiger charge is -2.29. The summed E-state index contributed by atoms with van der Waals surface area (Å²) in [5.74, 6) is -0.0335. The van der Waals surface area contributed by atoms with Gasteiger partial charge in [0.15, 0.2) is 5.78 Å². The van der Waals surface area contributed by atoms with Crippen LogP contribution in [0.15, 0.2) is 53.0 Å². The van der Waals surface area contributed by atoms with Crippen LogP contribution in [0.25, 0.3) is 0 Å². The molecule has 106 valence electrons. The van der Waals surface area contributed by atoms with Gasteiger partial charge in [0, 0.05) is 22.1 Å². The van der Waals surface area contributed by atoms with Crippen molar-refractivity contribution in [2.75, 3.05) is 11.4 Å². The highest BCUT2D eigenvalue weighted by Crippen LogP contribution is 2.30. The van der Waals surface area contributed by atoms with Gasteiger partial charge < -0.3 is 4.90 Å². The van der Waals surface area contributed by atoms with Crippen molar-refractivity contribution in [2.24, 2.45) is 0 Å². The number of Topliss-reactive ketones (excluding diaryl/α,β-unsaturated/α-hetero) is 1. The van der Waals surface area contributed by atoms with Gasteiger partial charge in [0.2, 0.25) is 5.91 Å². The number of hydrogen-bond acceptors (Lipinski definition) is 2. The number of benzene rings is 2. The Kier molecular flexibility index (Phi) is 3.88. The van der Waals surface area contributed by atoms with Gasteiger partial charge in [-0.05, 0) is 30.2 Å². The number of carbonyl (C=O) groups excluding carboxylic acids is 2. The molecule has 0 unspecified atom stereocenters. The first-order valence-corrected chi connectivity index (χ1v) is 7.61. The van der Waals surface area contributed by atoms with Crippen molar-refractivity contribution < 1.29 is 9.59 Å². The van der Waals surface area contributed by atoms with Crippen molar-refractivity contribution >= 4 is 33.3 Å². The first-order chi connectivity index (χ1) is 10.1. The van der Waals surface area contributed by atoms with Gasteiger partial charge in [-0.1, -0.05) is 46.3 Å². The second kappa shape index (κ2) is 5.82. The fraction of sp³-hybridized carbons (Fsp3) is 0.176. The fourth-order valence-electron chi connectivity index (χ4n) is 2.56. The molecule has 1 aliphatic rings. The molecular formula is C17H14BrNO2. The number of fused-ring (bicyclic) bond motifs is 1. The van der Waals surface area contributed by atoms with Crippen LogP contribution < -0.4 is 4.90 Å². The average molecular weight is 344 g/mol. The summed E-state index contributed by atoms with van der Waals surface area (Å²) in [4.78, 5) is 26.1. The molecule has 3 nitrogen and oxygen atoms in total.